The standard InChI is InChI=1S/C44H30N4/c1-45-39-16-8-14-36(29-39)30-18-20-31(21-19-30)37-26-27-41-38(28-37)15-9-17-40(41)32-22-24-35(25-23-32)44-47-42(33-10-4-2-5-11-33)46-43(48-44)34-12-6-3-7-13-34/h2-8,10-16,18-29H,9,17H2. The van der Waals surface area contributed by atoms with E-state index >= 15 is 0 Å². The molecule has 0 bridgehead atoms. The Balaban J connectivity index is 1.12. The Bertz CT molecular complexity index is 2370. The van der Waals surface area contributed by atoms with Crippen molar-refractivity contribution in [3.63, 3.8) is 0 Å². The molecule has 0 atom stereocenters. The molecule has 0 saturated carbocycles. The molecule has 4 heteroatoms. The van der Waals surface area contributed by atoms with E-state index in [1.165, 1.54) is 32.7 Å². The van der Waals surface area contributed by atoms with E-state index in [0.717, 1.165) is 40.7 Å². The molecular formula is C44H30N4. The third-order valence-electron chi connectivity index (χ3n) is 8.85. The van der Waals surface area contributed by atoms with E-state index in [9.17, 15) is 0 Å². The second kappa shape index (κ2) is 12.7. The van der Waals surface area contributed by atoms with Crippen molar-refractivity contribution in [3.05, 3.63) is 179 Å². The molecule has 0 unspecified atom stereocenters. The summed E-state index contributed by atoms with van der Waals surface area (Å²) in [5.41, 5.74) is 10.6. The van der Waals surface area contributed by atoms with E-state index in [4.69, 9.17) is 21.5 Å². The van der Waals surface area contributed by atoms with Gasteiger partial charge in [0.15, 0.2) is 23.2 Å². The van der Waals surface area contributed by atoms with Crippen molar-refractivity contribution in [1.29, 1.82) is 0 Å². The molecule has 1 aromatic heterocycles. The molecule has 1 aliphatic rings. The lowest BCUT2D eigenvalue weighted by Gasteiger charge is -2.14. The number of nitrogens with zero attached hydrogens (tertiary/aromatic N) is 4. The summed E-state index contributed by atoms with van der Waals surface area (Å²) in [5.74, 6) is 1.98. The van der Waals surface area contributed by atoms with Gasteiger partial charge >= 0.3 is 0 Å². The van der Waals surface area contributed by atoms with Gasteiger partial charge in [-0.25, -0.2) is 19.8 Å². The van der Waals surface area contributed by atoms with Gasteiger partial charge in [-0.1, -0.05) is 146 Å². The van der Waals surface area contributed by atoms with Gasteiger partial charge in [0.25, 0.3) is 0 Å². The maximum atomic E-state index is 7.32. The Hall–Kier alpha value is -6.44. The van der Waals surface area contributed by atoms with Gasteiger partial charge in [0, 0.05) is 16.7 Å². The molecule has 7 aromatic rings. The Labute approximate surface area is 279 Å². The van der Waals surface area contributed by atoms with E-state index in [-0.39, 0.29) is 0 Å². The van der Waals surface area contributed by atoms with E-state index in [1.54, 1.807) is 0 Å². The van der Waals surface area contributed by atoms with Crippen molar-refractivity contribution in [2.24, 2.45) is 0 Å². The molecule has 0 spiro atoms. The number of rotatable bonds is 6. The van der Waals surface area contributed by atoms with E-state index in [0.29, 0.717) is 23.2 Å². The Morgan fingerprint density at radius 2 is 0.917 bits per heavy atom. The fourth-order valence-electron chi connectivity index (χ4n) is 6.36. The maximum absolute atomic E-state index is 7.32. The lowest BCUT2D eigenvalue weighted by atomic mass is 9.91. The second-order valence-corrected chi connectivity index (χ2v) is 11.9. The topological polar surface area (TPSA) is 43.0 Å². The Morgan fingerprint density at radius 1 is 0.438 bits per heavy atom. The van der Waals surface area contributed by atoms with Gasteiger partial charge in [-0.2, -0.15) is 0 Å². The Kier molecular flexibility index (Phi) is 7.70. The van der Waals surface area contributed by atoms with Crippen LogP contribution in [-0.2, 0) is 0 Å². The van der Waals surface area contributed by atoms with Gasteiger partial charge in [0.2, 0.25) is 0 Å². The molecule has 0 aliphatic heterocycles. The quantitative estimate of drug-likeness (QED) is 0.175. The highest BCUT2D eigenvalue weighted by Gasteiger charge is 2.14. The highest BCUT2D eigenvalue weighted by Crippen LogP contribution is 2.29. The van der Waals surface area contributed by atoms with E-state index in [1.807, 2.05) is 78.9 Å². The summed E-state index contributed by atoms with van der Waals surface area (Å²) in [5, 5.41) is 2.55. The fraction of sp³-hybridized carbons (Fsp3) is 0.0455. The predicted molar refractivity (Wildman–Crippen MR) is 195 cm³/mol. The highest BCUT2D eigenvalue weighted by molar-refractivity contribution is 5.75. The molecule has 0 N–H and O–H groups in total. The smallest absolute Gasteiger partial charge is 0.187 e. The molecule has 1 heterocycles. The van der Waals surface area contributed by atoms with Gasteiger partial charge in [0.1, 0.15) is 0 Å². The van der Waals surface area contributed by atoms with Crippen LogP contribution in [-0.4, -0.2) is 15.0 Å². The van der Waals surface area contributed by atoms with Crippen LogP contribution >= 0.6 is 0 Å². The first kappa shape index (κ1) is 29.0. The molecule has 226 valence electrons. The molecule has 4 nitrogen and oxygen atoms in total. The molecule has 0 amide bonds. The fourth-order valence-corrected chi connectivity index (χ4v) is 6.36. The number of benzene rings is 6. The molecule has 48 heavy (non-hydrogen) atoms. The number of aromatic nitrogens is 3. The van der Waals surface area contributed by atoms with Crippen molar-refractivity contribution in [3.8, 4) is 56.4 Å². The largest absolute Gasteiger partial charge is 0.238 e. The van der Waals surface area contributed by atoms with Crippen molar-refractivity contribution in [1.82, 2.24) is 15.0 Å². The average molecular weight is 615 g/mol. The summed E-state index contributed by atoms with van der Waals surface area (Å²) in [6.07, 6.45) is 4.34. The van der Waals surface area contributed by atoms with Crippen molar-refractivity contribution < 1.29 is 0 Å². The molecule has 0 fully saturated rings. The number of fused-ring (bicyclic) bond motifs is 1. The van der Waals surface area contributed by atoms with E-state index < -0.39 is 0 Å². The SMILES string of the molecule is [C-]#[N+]c1cccc(-c2ccc(-c3ccc4c(c3)=CCCC=4c3ccc(-c4nc(-c5ccccc5)nc(-c5ccccc5)n4)cc3)cc2)c1. The molecule has 1 aliphatic carbocycles. The Morgan fingerprint density at radius 3 is 1.50 bits per heavy atom. The molecule has 6 aromatic carbocycles. The van der Waals surface area contributed by atoms with Crippen molar-refractivity contribution in [2.45, 2.75) is 12.8 Å². The lowest BCUT2D eigenvalue weighted by molar-refractivity contribution is 1.07. The molecule has 8 rings (SSSR count). The van der Waals surface area contributed by atoms with Crippen LogP contribution in [0.4, 0.5) is 5.69 Å². The monoisotopic (exact) mass is 614 g/mol. The van der Waals surface area contributed by atoms with Crippen LogP contribution < -0.4 is 10.4 Å². The minimum absolute atomic E-state index is 0.656. The maximum Gasteiger partial charge on any atom is 0.187 e. The second-order valence-electron chi connectivity index (χ2n) is 11.9. The van der Waals surface area contributed by atoms with Crippen LogP contribution in [0.2, 0.25) is 0 Å². The van der Waals surface area contributed by atoms with Crippen LogP contribution in [0.25, 0.3) is 72.9 Å². The zero-order valence-corrected chi connectivity index (χ0v) is 26.2. The van der Waals surface area contributed by atoms with Gasteiger partial charge in [-0.3, -0.25) is 0 Å². The van der Waals surface area contributed by atoms with Crippen LogP contribution in [0.1, 0.15) is 18.4 Å². The van der Waals surface area contributed by atoms with Crippen LogP contribution in [0.5, 0.6) is 0 Å². The normalized spacial score (nSPS) is 12.1. The van der Waals surface area contributed by atoms with Gasteiger partial charge in [-0.15, -0.1) is 0 Å². The number of hydrogen-bond donors (Lipinski definition) is 0. The summed E-state index contributed by atoms with van der Waals surface area (Å²) in [6.45, 7) is 7.32. The van der Waals surface area contributed by atoms with Crippen molar-refractivity contribution in [2.75, 3.05) is 0 Å². The van der Waals surface area contributed by atoms with Gasteiger partial charge in [-0.05, 0) is 68.8 Å². The van der Waals surface area contributed by atoms with Gasteiger partial charge in [0.05, 0.1) is 6.57 Å². The van der Waals surface area contributed by atoms with E-state index in [2.05, 4.69) is 83.7 Å². The summed E-state index contributed by atoms with van der Waals surface area (Å²) in [4.78, 5) is 18.2. The predicted octanol–water partition coefficient (Wildman–Crippen LogP) is 9.53. The van der Waals surface area contributed by atoms with Crippen molar-refractivity contribution >= 4 is 17.3 Å². The summed E-state index contributed by atoms with van der Waals surface area (Å²) in [6, 6.07) is 52.0. The minimum Gasteiger partial charge on any atom is -0.238 e. The number of hydrogen-bond acceptors (Lipinski definition) is 3. The van der Waals surface area contributed by atoms with Crippen LogP contribution in [0, 0.1) is 6.57 Å². The van der Waals surface area contributed by atoms with Crippen LogP contribution in [0.3, 0.4) is 0 Å². The minimum atomic E-state index is 0.656. The van der Waals surface area contributed by atoms with Crippen LogP contribution in [0.15, 0.2) is 152 Å². The third-order valence-corrected chi connectivity index (χ3v) is 8.85. The molecular weight excluding hydrogens is 585 g/mol. The summed E-state index contributed by atoms with van der Waals surface area (Å²) >= 11 is 0. The third kappa shape index (κ3) is 5.82. The average Bonchev–Trinajstić information content (AvgIpc) is 3.18. The summed E-state index contributed by atoms with van der Waals surface area (Å²) in [7, 11) is 0. The molecule has 0 radical (unpaired) electrons. The zero-order chi connectivity index (χ0) is 32.3. The van der Waals surface area contributed by atoms with Gasteiger partial charge < -0.3 is 0 Å². The zero-order valence-electron chi connectivity index (χ0n) is 26.2. The molecule has 0 saturated heterocycles. The lowest BCUT2D eigenvalue weighted by Crippen LogP contribution is -2.29. The first-order valence-corrected chi connectivity index (χ1v) is 16.1. The first-order chi connectivity index (χ1) is 23.7. The summed E-state index contributed by atoms with van der Waals surface area (Å²) < 4.78 is 0. The first-order valence-electron chi connectivity index (χ1n) is 16.1. The highest BCUT2D eigenvalue weighted by atomic mass is 15.0.